The van der Waals surface area contributed by atoms with Gasteiger partial charge in [-0.05, 0) is 43.0 Å². The fraction of sp³-hybridized carbons (Fsp3) is 0.360. The Labute approximate surface area is 226 Å². The first-order chi connectivity index (χ1) is 17.8. The molecule has 0 saturated heterocycles. The zero-order valence-corrected chi connectivity index (χ0v) is 23.3. The molecule has 0 aliphatic rings. The third-order valence-corrected chi connectivity index (χ3v) is 7.00. The lowest BCUT2D eigenvalue weighted by Gasteiger charge is -2.15. The smallest absolute Gasteiger partial charge is 0.272 e. The predicted molar refractivity (Wildman–Crippen MR) is 144 cm³/mol. The van der Waals surface area contributed by atoms with E-state index in [1.165, 1.54) is 10.7 Å². The molecular formula is C25H30ClN5O6S. The zero-order chi connectivity index (χ0) is 28.2. The van der Waals surface area contributed by atoms with Crippen molar-refractivity contribution in [1.82, 2.24) is 19.8 Å². The topological polar surface area (TPSA) is 145 Å². The fourth-order valence-corrected chi connectivity index (χ4v) is 4.89. The number of hydrogen-bond donors (Lipinski definition) is 2. The molecule has 2 aromatic carbocycles. The van der Waals surface area contributed by atoms with Gasteiger partial charge in [-0.1, -0.05) is 45.4 Å². The molecule has 38 heavy (non-hydrogen) atoms. The molecule has 0 atom stereocenters. The predicted octanol–water partition coefficient (Wildman–Crippen LogP) is 4.85. The number of nitro benzene ring substituents is 1. The number of sulfonamides is 1. The SMILES string of the molecule is Cc1c(C(=O)NCC(C)C)nn(-c2cccc(Cl)c2)c1Oc1ccc([N+](=O)[O-])cc1S(=O)(=O)NCC(C)C. The van der Waals surface area contributed by atoms with Gasteiger partial charge in [-0.3, -0.25) is 14.9 Å². The van der Waals surface area contributed by atoms with Crippen molar-refractivity contribution in [2.24, 2.45) is 11.8 Å². The Bertz CT molecular complexity index is 1450. The first-order valence-electron chi connectivity index (χ1n) is 11.9. The second kappa shape index (κ2) is 11.9. The molecule has 0 bridgehead atoms. The van der Waals surface area contributed by atoms with Crippen molar-refractivity contribution >= 4 is 33.2 Å². The van der Waals surface area contributed by atoms with Crippen LogP contribution in [-0.4, -0.2) is 42.1 Å². The van der Waals surface area contributed by atoms with Crippen molar-refractivity contribution in [1.29, 1.82) is 0 Å². The van der Waals surface area contributed by atoms with Crippen LogP contribution in [0.2, 0.25) is 5.02 Å². The van der Waals surface area contributed by atoms with E-state index in [2.05, 4.69) is 15.1 Å². The number of carbonyl (C=O) groups excluding carboxylic acids is 1. The van der Waals surface area contributed by atoms with Crippen molar-refractivity contribution in [2.75, 3.05) is 13.1 Å². The number of non-ortho nitro benzene ring substituents is 1. The first kappa shape index (κ1) is 29.1. The maximum absolute atomic E-state index is 13.2. The van der Waals surface area contributed by atoms with E-state index >= 15 is 0 Å². The molecule has 1 heterocycles. The van der Waals surface area contributed by atoms with Gasteiger partial charge in [0.05, 0.1) is 10.6 Å². The summed E-state index contributed by atoms with van der Waals surface area (Å²) in [6.45, 7) is 9.71. The second-order valence-corrected chi connectivity index (χ2v) is 11.7. The highest BCUT2D eigenvalue weighted by atomic mass is 35.5. The number of nitrogens with one attached hydrogen (secondary N) is 2. The Hall–Kier alpha value is -3.48. The normalized spacial score (nSPS) is 11.7. The zero-order valence-electron chi connectivity index (χ0n) is 21.7. The number of nitro groups is 1. The summed E-state index contributed by atoms with van der Waals surface area (Å²) in [6, 6.07) is 9.93. The van der Waals surface area contributed by atoms with Crippen LogP contribution in [0.4, 0.5) is 5.69 Å². The van der Waals surface area contributed by atoms with E-state index in [0.717, 1.165) is 12.1 Å². The third kappa shape index (κ3) is 6.88. The molecule has 3 aromatic rings. The quantitative estimate of drug-likeness (QED) is 0.250. The molecule has 1 amide bonds. The van der Waals surface area contributed by atoms with Crippen molar-refractivity contribution in [3.63, 3.8) is 0 Å². The summed E-state index contributed by atoms with van der Waals surface area (Å²) in [4.78, 5) is 23.2. The van der Waals surface area contributed by atoms with Gasteiger partial charge in [0.1, 0.15) is 10.6 Å². The number of amides is 1. The Morgan fingerprint density at radius 2 is 1.82 bits per heavy atom. The van der Waals surface area contributed by atoms with Crippen LogP contribution in [0.15, 0.2) is 47.4 Å². The molecule has 2 N–H and O–H groups in total. The number of benzene rings is 2. The molecule has 11 nitrogen and oxygen atoms in total. The van der Waals surface area contributed by atoms with Crippen LogP contribution in [0.5, 0.6) is 11.6 Å². The first-order valence-corrected chi connectivity index (χ1v) is 13.8. The average Bonchev–Trinajstić information content (AvgIpc) is 3.17. The minimum atomic E-state index is -4.20. The maximum atomic E-state index is 13.2. The van der Waals surface area contributed by atoms with E-state index in [-0.39, 0.29) is 35.7 Å². The van der Waals surface area contributed by atoms with E-state index in [4.69, 9.17) is 16.3 Å². The lowest BCUT2D eigenvalue weighted by molar-refractivity contribution is -0.385. The Morgan fingerprint density at radius 3 is 2.42 bits per heavy atom. The summed E-state index contributed by atoms with van der Waals surface area (Å²) in [5, 5.41) is 19.1. The summed E-state index contributed by atoms with van der Waals surface area (Å²) in [5.74, 6) is -0.358. The van der Waals surface area contributed by atoms with Gasteiger partial charge in [-0.2, -0.15) is 9.78 Å². The summed E-state index contributed by atoms with van der Waals surface area (Å²) in [5.41, 5.74) is 0.451. The minimum absolute atomic E-state index is 0.00810. The molecule has 0 saturated carbocycles. The molecule has 13 heteroatoms. The fourth-order valence-electron chi connectivity index (χ4n) is 3.34. The molecule has 0 unspecified atom stereocenters. The van der Waals surface area contributed by atoms with Gasteiger partial charge in [-0.25, -0.2) is 13.1 Å². The Balaban J connectivity index is 2.17. The molecule has 0 fully saturated rings. The number of rotatable bonds is 11. The van der Waals surface area contributed by atoms with Gasteiger partial charge in [0.15, 0.2) is 5.69 Å². The van der Waals surface area contributed by atoms with E-state index in [9.17, 15) is 23.3 Å². The van der Waals surface area contributed by atoms with Crippen molar-refractivity contribution < 1.29 is 22.9 Å². The number of ether oxygens (including phenoxy) is 1. The molecule has 0 aliphatic heterocycles. The lowest BCUT2D eigenvalue weighted by atomic mass is 10.2. The van der Waals surface area contributed by atoms with E-state index in [1.54, 1.807) is 31.2 Å². The molecule has 3 rings (SSSR count). The number of aromatic nitrogens is 2. The third-order valence-electron chi connectivity index (χ3n) is 5.32. The van der Waals surface area contributed by atoms with Crippen LogP contribution >= 0.6 is 11.6 Å². The Kier molecular flexibility index (Phi) is 9.13. The lowest BCUT2D eigenvalue weighted by Crippen LogP contribution is -2.28. The largest absolute Gasteiger partial charge is 0.437 e. The molecule has 0 aliphatic carbocycles. The highest BCUT2D eigenvalue weighted by Crippen LogP contribution is 2.36. The molecule has 204 valence electrons. The van der Waals surface area contributed by atoms with Crippen LogP contribution in [0.1, 0.15) is 43.7 Å². The average molecular weight is 564 g/mol. The van der Waals surface area contributed by atoms with Crippen LogP contribution in [-0.2, 0) is 10.0 Å². The van der Waals surface area contributed by atoms with Crippen LogP contribution < -0.4 is 14.8 Å². The van der Waals surface area contributed by atoms with Gasteiger partial charge in [0.2, 0.25) is 15.9 Å². The van der Waals surface area contributed by atoms with Crippen LogP contribution in [0.25, 0.3) is 5.69 Å². The highest BCUT2D eigenvalue weighted by Gasteiger charge is 2.28. The van der Waals surface area contributed by atoms with Crippen molar-refractivity contribution in [3.05, 3.63) is 68.9 Å². The van der Waals surface area contributed by atoms with Gasteiger partial charge < -0.3 is 10.1 Å². The van der Waals surface area contributed by atoms with Gasteiger partial charge in [-0.15, -0.1) is 0 Å². The maximum Gasteiger partial charge on any atom is 0.272 e. The van der Waals surface area contributed by atoms with Crippen LogP contribution in [0.3, 0.4) is 0 Å². The van der Waals surface area contributed by atoms with Crippen molar-refractivity contribution in [3.8, 4) is 17.3 Å². The van der Waals surface area contributed by atoms with E-state index in [1.807, 2.05) is 27.7 Å². The number of hydrogen-bond acceptors (Lipinski definition) is 7. The Morgan fingerprint density at radius 1 is 1.13 bits per heavy atom. The highest BCUT2D eigenvalue weighted by molar-refractivity contribution is 7.89. The number of carbonyl (C=O) groups is 1. The summed E-state index contributed by atoms with van der Waals surface area (Å²) >= 11 is 6.18. The standard InChI is InChI=1S/C25H30ClN5O6S/c1-15(2)13-27-24(32)23-17(5)25(30(29-23)19-8-6-7-18(26)11-19)37-21-10-9-20(31(33)34)12-22(21)38(35,36)28-14-16(3)4/h6-12,15-16,28H,13-14H2,1-5H3,(H,27,32). The van der Waals surface area contributed by atoms with Crippen LogP contribution in [0, 0.1) is 28.9 Å². The molecule has 1 aromatic heterocycles. The van der Waals surface area contributed by atoms with E-state index < -0.39 is 31.4 Å². The monoisotopic (exact) mass is 563 g/mol. The summed E-state index contributed by atoms with van der Waals surface area (Å²) in [7, 11) is -4.20. The molecule has 0 radical (unpaired) electrons. The summed E-state index contributed by atoms with van der Waals surface area (Å²) < 4.78 is 36.2. The van der Waals surface area contributed by atoms with Gasteiger partial charge >= 0.3 is 0 Å². The van der Waals surface area contributed by atoms with Crippen molar-refractivity contribution in [2.45, 2.75) is 39.5 Å². The van der Waals surface area contributed by atoms with Gasteiger partial charge in [0, 0.05) is 35.8 Å². The number of nitrogens with zero attached hydrogens (tertiary/aromatic N) is 3. The molecule has 0 spiro atoms. The molecular weight excluding hydrogens is 534 g/mol. The van der Waals surface area contributed by atoms with E-state index in [0.29, 0.717) is 22.8 Å². The second-order valence-electron chi connectivity index (χ2n) is 9.51. The van der Waals surface area contributed by atoms with Gasteiger partial charge in [0.25, 0.3) is 11.6 Å². The minimum Gasteiger partial charge on any atom is -0.437 e. The number of halogens is 1. The summed E-state index contributed by atoms with van der Waals surface area (Å²) in [6.07, 6.45) is 0.